The van der Waals surface area contributed by atoms with Crippen LogP contribution in [0, 0.1) is 5.82 Å². The van der Waals surface area contributed by atoms with Crippen LogP contribution in [0.15, 0.2) is 18.2 Å². The average Bonchev–Trinajstić information content (AvgIpc) is 2.04. The van der Waals surface area contributed by atoms with Gasteiger partial charge in [0.05, 0.1) is 0 Å². The summed E-state index contributed by atoms with van der Waals surface area (Å²) in [6, 6.07) is 3.89. The molecule has 0 fully saturated rings. The van der Waals surface area contributed by atoms with Crippen LogP contribution in [-0.4, -0.2) is 11.7 Å². The quantitative estimate of drug-likeness (QED) is 0.608. The molecule has 4 heteroatoms. The maximum atomic E-state index is 13.2. The van der Waals surface area contributed by atoms with Gasteiger partial charge in [-0.1, -0.05) is 6.07 Å². The van der Waals surface area contributed by atoms with Crippen LogP contribution in [0.2, 0.25) is 0 Å². The molecule has 1 aromatic rings. The second kappa shape index (κ2) is 4.20. The highest BCUT2D eigenvalue weighted by molar-refractivity contribution is 5.48. The van der Waals surface area contributed by atoms with Crippen molar-refractivity contribution in [3.05, 3.63) is 29.6 Å². The van der Waals surface area contributed by atoms with Crippen molar-refractivity contribution >= 4 is 5.69 Å². The van der Waals surface area contributed by atoms with Crippen LogP contribution in [0.5, 0.6) is 0 Å². The predicted octanol–water partition coefficient (Wildman–Crippen LogP) is 0.790. The lowest BCUT2D eigenvalue weighted by atomic mass is 10.0. The molecule has 0 saturated heterocycles. The van der Waals surface area contributed by atoms with E-state index in [9.17, 15) is 4.39 Å². The van der Waals surface area contributed by atoms with Crippen molar-refractivity contribution in [1.82, 2.24) is 0 Å². The van der Waals surface area contributed by atoms with Gasteiger partial charge in [0, 0.05) is 23.9 Å². The highest BCUT2D eigenvalue weighted by atomic mass is 19.1. The molecule has 0 aliphatic heterocycles. The van der Waals surface area contributed by atoms with Crippen molar-refractivity contribution in [2.75, 3.05) is 12.3 Å². The average molecular weight is 184 g/mol. The minimum absolute atomic E-state index is 0.0745. The Morgan fingerprint density at radius 1 is 1.46 bits per heavy atom. The molecule has 0 spiro atoms. The lowest BCUT2D eigenvalue weighted by Gasteiger charge is -2.13. The van der Waals surface area contributed by atoms with Crippen molar-refractivity contribution in [3.63, 3.8) is 0 Å². The van der Waals surface area contributed by atoms with Crippen LogP contribution in [0.3, 0.4) is 0 Å². The second-order valence-electron chi connectivity index (χ2n) is 2.86. The number of nitrogens with two attached hydrogens (primary N) is 2. The molecule has 13 heavy (non-hydrogen) atoms. The van der Waals surface area contributed by atoms with Crippen molar-refractivity contribution in [1.29, 1.82) is 0 Å². The fourth-order valence-corrected chi connectivity index (χ4v) is 1.23. The Bertz CT molecular complexity index is 271. The highest BCUT2D eigenvalue weighted by Crippen LogP contribution is 2.23. The molecular weight excluding hydrogens is 171 g/mol. The van der Waals surface area contributed by atoms with Crippen molar-refractivity contribution < 1.29 is 9.50 Å². The Kier molecular flexibility index (Phi) is 3.22. The number of nitrogen functional groups attached to an aromatic ring is 1. The summed E-state index contributed by atoms with van der Waals surface area (Å²) in [6.07, 6.45) is 0.311. The van der Waals surface area contributed by atoms with E-state index in [1.54, 1.807) is 6.07 Å². The zero-order valence-corrected chi connectivity index (χ0v) is 7.20. The Labute approximate surface area is 76.2 Å². The summed E-state index contributed by atoms with van der Waals surface area (Å²) in [5.74, 6) is -0.416. The third-order valence-electron chi connectivity index (χ3n) is 1.90. The summed E-state index contributed by atoms with van der Waals surface area (Å²) in [5, 5.41) is 8.64. The SMILES string of the molecule is Nc1cccc(F)c1[C@H](N)CCO. The Morgan fingerprint density at radius 2 is 2.15 bits per heavy atom. The van der Waals surface area contributed by atoms with Gasteiger partial charge in [0.1, 0.15) is 5.82 Å². The molecule has 3 nitrogen and oxygen atoms in total. The molecule has 0 radical (unpaired) electrons. The van der Waals surface area contributed by atoms with E-state index in [1.807, 2.05) is 0 Å². The Hall–Kier alpha value is -1.13. The molecule has 0 bridgehead atoms. The second-order valence-corrected chi connectivity index (χ2v) is 2.86. The summed E-state index contributed by atoms with van der Waals surface area (Å²) in [7, 11) is 0. The Balaban J connectivity index is 2.98. The molecule has 0 aliphatic carbocycles. The van der Waals surface area contributed by atoms with Crippen molar-refractivity contribution in [3.8, 4) is 0 Å². The Morgan fingerprint density at radius 3 is 2.69 bits per heavy atom. The van der Waals surface area contributed by atoms with Gasteiger partial charge in [-0.05, 0) is 18.6 Å². The van der Waals surface area contributed by atoms with E-state index in [2.05, 4.69) is 0 Å². The van der Waals surface area contributed by atoms with Crippen LogP contribution in [-0.2, 0) is 0 Å². The van der Waals surface area contributed by atoms with Crippen LogP contribution >= 0.6 is 0 Å². The predicted molar refractivity (Wildman–Crippen MR) is 49.4 cm³/mol. The monoisotopic (exact) mass is 184 g/mol. The third-order valence-corrected chi connectivity index (χ3v) is 1.90. The first-order valence-corrected chi connectivity index (χ1v) is 4.07. The van der Waals surface area contributed by atoms with Gasteiger partial charge >= 0.3 is 0 Å². The number of benzene rings is 1. The standard InChI is InChI=1S/C9H13FN2O/c10-6-2-1-3-7(11)9(6)8(12)4-5-13/h1-3,8,13H,4-5,11-12H2/t8-/m1/s1. The van der Waals surface area contributed by atoms with E-state index in [0.29, 0.717) is 12.1 Å². The van der Waals surface area contributed by atoms with Crippen LogP contribution in [0.1, 0.15) is 18.0 Å². The maximum Gasteiger partial charge on any atom is 0.130 e. The number of anilines is 1. The van der Waals surface area contributed by atoms with E-state index < -0.39 is 11.9 Å². The molecule has 5 N–H and O–H groups in total. The van der Waals surface area contributed by atoms with E-state index in [1.165, 1.54) is 12.1 Å². The van der Waals surface area contributed by atoms with E-state index in [4.69, 9.17) is 16.6 Å². The minimum Gasteiger partial charge on any atom is -0.398 e. The number of rotatable bonds is 3. The van der Waals surface area contributed by atoms with E-state index in [-0.39, 0.29) is 12.2 Å². The number of aliphatic hydroxyl groups excluding tert-OH is 1. The highest BCUT2D eigenvalue weighted by Gasteiger charge is 2.13. The largest absolute Gasteiger partial charge is 0.398 e. The van der Waals surface area contributed by atoms with E-state index >= 15 is 0 Å². The summed E-state index contributed by atoms with van der Waals surface area (Å²) < 4.78 is 13.2. The zero-order valence-electron chi connectivity index (χ0n) is 7.20. The van der Waals surface area contributed by atoms with Gasteiger partial charge in [0.15, 0.2) is 0 Å². The van der Waals surface area contributed by atoms with Crippen LogP contribution < -0.4 is 11.5 Å². The summed E-state index contributed by atoms with van der Waals surface area (Å²) in [4.78, 5) is 0. The molecule has 1 aromatic carbocycles. The number of hydrogen-bond acceptors (Lipinski definition) is 3. The van der Waals surface area contributed by atoms with Gasteiger partial charge in [0.2, 0.25) is 0 Å². The van der Waals surface area contributed by atoms with Gasteiger partial charge in [-0.2, -0.15) is 0 Å². The zero-order chi connectivity index (χ0) is 9.84. The molecule has 0 aromatic heterocycles. The fourth-order valence-electron chi connectivity index (χ4n) is 1.23. The summed E-state index contributed by atoms with van der Waals surface area (Å²) in [6.45, 7) is -0.0745. The first kappa shape index (κ1) is 9.95. The lowest BCUT2D eigenvalue weighted by molar-refractivity contribution is 0.275. The van der Waals surface area contributed by atoms with E-state index in [0.717, 1.165) is 0 Å². The molecule has 0 saturated carbocycles. The molecule has 0 unspecified atom stereocenters. The van der Waals surface area contributed by atoms with Crippen LogP contribution in [0.25, 0.3) is 0 Å². The molecule has 0 aliphatic rings. The van der Waals surface area contributed by atoms with Gasteiger partial charge in [0.25, 0.3) is 0 Å². The van der Waals surface area contributed by atoms with Crippen molar-refractivity contribution in [2.24, 2.45) is 5.73 Å². The molecule has 72 valence electrons. The van der Waals surface area contributed by atoms with Gasteiger partial charge in [-0.25, -0.2) is 4.39 Å². The number of hydrogen-bond donors (Lipinski definition) is 3. The first-order valence-electron chi connectivity index (χ1n) is 4.07. The maximum absolute atomic E-state index is 13.2. The normalized spacial score (nSPS) is 12.8. The fraction of sp³-hybridized carbons (Fsp3) is 0.333. The minimum atomic E-state index is -0.536. The summed E-state index contributed by atoms with van der Waals surface area (Å²) in [5.41, 5.74) is 11.8. The molecular formula is C9H13FN2O. The van der Waals surface area contributed by atoms with Gasteiger partial charge in [-0.15, -0.1) is 0 Å². The van der Waals surface area contributed by atoms with Crippen molar-refractivity contribution in [2.45, 2.75) is 12.5 Å². The molecule has 1 atom stereocenters. The number of halogens is 1. The third kappa shape index (κ3) is 2.17. The first-order chi connectivity index (χ1) is 6.16. The summed E-state index contributed by atoms with van der Waals surface area (Å²) >= 11 is 0. The molecule has 1 rings (SSSR count). The smallest absolute Gasteiger partial charge is 0.130 e. The van der Waals surface area contributed by atoms with Gasteiger partial charge < -0.3 is 16.6 Å². The van der Waals surface area contributed by atoms with Gasteiger partial charge in [-0.3, -0.25) is 0 Å². The lowest BCUT2D eigenvalue weighted by Crippen LogP contribution is -2.15. The molecule has 0 heterocycles. The topological polar surface area (TPSA) is 72.3 Å². The number of aliphatic hydroxyl groups is 1. The molecule has 0 amide bonds. The van der Waals surface area contributed by atoms with Crippen LogP contribution in [0.4, 0.5) is 10.1 Å².